The monoisotopic (exact) mass is 527 g/mol. The van der Waals surface area contributed by atoms with Crippen molar-refractivity contribution in [1.29, 1.82) is 0 Å². The summed E-state index contributed by atoms with van der Waals surface area (Å²) in [4.78, 5) is 11.1. The lowest BCUT2D eigenvalue weighted by Crippen LogP contribution is -2.16. The third-order valence-corrected chi connectivity index (χ3v) is 6.82. The lowest BCUT2D eigenvalue weighted by molar-refractivity contribution is -0.115. The minimum absolute atomic E-state index is 0.0677. The van der Waals surface area contributed by atoms with E-state index >= 15 is 0 Å². The number of aromatic nitrogens is 5. The fourth-order valence-electron chi connectivity index (χ4n) is 3.91. The molecule has 0 bridgehead atoms. The Morgan fingerprint density at radius 2 is 1.42 bits per heavy atom. The van der Waals surface area contributed by atoms with Crippen LogP contribution >= 0.6 is 11.8 Å². The van der Waals surface area contributed by atoms with Crippen LogP contribution in [0.5, 0.6) is 11.5 Å². The minimum atomic E-state index is -0.454. The second kappa shape index (κ2) is 10.7. The van der Waals surface area contributed by atoms with E-state index in [4.69, 9.17) is 26.1 Å². The number of primary amides is 1. The Balaban J connectivity index is 1.52. The van der Waals surface area contributed by atoms with Crippen molar-refractivity contribution in [1.82, 2.24) is 24.7 Å². The zero-order valence-electron chi connectivity index (χ0n) is 20.7. The Labute approximate surface area is 223 Å². The Kier molecular flexibility index (Phi) is 7.00. The smallest absolute Gasteiger partial charge is 0.227 e. The maximum absolute atomic E-state index is 11.1. The molecule has 5 aromatic rings. The number of amides is 1. The molecule has 0 radical (unpaired) electrons. The second-order valence-electron chi connectivity index (χ2n) is 8.26. The predicted molar refractivity (Wildman–Crippen MR) is 147 cm³/mol. The van der Waals surface area contributed by atoms with Crippen molar-refractivity contribution in [3.8, 4) is 51.1 Å². The molecule has 0 atom stereocenters. The molecule has 4 N–H and O–H groups in total. The van der Waals surface area contributed by atoms with Gasteiger partial charge >= 0.3 is 0 Å². The first-order valence-corrected chi connectivity index (χ1v) is 12.6. The molecular weight excluding hydrogens is 502 g/mol. The highest BCUT2D eigenvalue weighted by atomic mass is 32.2. The van der Waals surface area contributed by atoms with Gasteiger partial charge in [-0.15, -0.1) is 10.2 Å². The van der Waals surface area contributed by atoms with Crippen molar-refractivity contribution in [2.75, 3.05) is 25.8 Å². The number of rotatable bonds is 9. The van der Waals surface area contributed by atoms with Crippen LogP contribution in [-0.4, -0.2) is 50.5 Å². The van der Waals surface area contributed by atoms with Gasteiger partial charge in [0.2, 0.25) is 11.1 Å². The van der Waals surface area contributed by atoms with Gasteiger partial charge in [-0.3, -0.25) is 4.79 Å². The molecule has 2 aromatic heterocycles. The first kappa shape index (κ1) is 24.9. The molecule has 0 spiro atoms. The van der Waals surface area contributed by atoms with Crippen LogP contribution in [-0.2, 0) is 4.79 Å². The van der Waals surface area contributed by atoms with E-state index in [-0.39, 0.29) is 5.75 Å². The highest BCUT2D eigenvalue weighted by Gasteiger charge is 2.16. The Morgan fingerprint density at radius 1 is 0.842 bits per heavy atom. The first-order valence-electron chi connectivity index (χ1n) is 11.6. The van der Waals surface area contributed by atoms with Gasteiger partial charge in [-0.1, -0.05) is 11.8 Å². The molecule has 11 heteroatoms. The van der Waals surface area contributed by atoms with Crippen molar-refractivity contribution in [2.24, 2.45) is 5.73 Å². The summed E-state index contributed by atoms with van der Waals surface area (Å²) in [5, 5.41) is 13.6. The molecule has 5 rings (SSSR count). The van der Waals surface area contributed by atoms with Gasteiger partial charge in [-0.25, -0.2) is 9.36 Å². The lowest BCUT2D eigenvalue weighted by Gasteiger charge is -2.09. The summed E-state index contributed by atoms with van der Waals surface area (Å²) >= 11 is 1.13. The highest BCUT2D eigenvalue weighted by molar-refractivity contribution is 7.99. The summed E-state index contributed by atoms with van der Waals surface area (Å²) in [5.41, 5.74) is 10.5. The summed E-state index contributed by atoms with van der Waals surface area (Å²) in [7, 11) is 3.28. The average molecular weight is 528 g/mol. The summed E-state index contributed by atoms with van der Waals surface area (Å²) in [6, 6.07) is 25.4. The number of carbonyl (C=O) groups excluding carboxylic acids is 1. The molecule has 1 amide bonds. The number of nitrogen functional groups attached to an aromatic ring is 1. The minimum Gasteiger partial charge on any atom is -0.497 e. The maximum Gasteiger partial charge on any atom is 0.227 e. The number of benzene rings is 3. The van der Waals surface area contributed by atoms with Gasteiger partial charge in [0.1, 0.15) is 11.5 Å². The molecule has 10 nitrogen and oxygen atoms in total. The average Bonchev–Trinajstić information content (AvgIpc) is 3.56. The lowest BCUT2D eigenvalue weighted by atomic mass is 10.1. The number of nitrogens with two attached hydrogens (primary N) is 2. The molecule has 0 saturated heterocycles. The number of ether oxygens (including phenoxy) is 2. The van der Waals surface area contributed by atoms with E-state index in [2.05, 4.69) is 16.3 Å². The molecule has 0 fully saturated rings. The van der Waals surface area contributed by atoms with E-state index < -0.39 is 5.91 Å². The predicted octanol–water partition coefficient (Wildman–Crippen LogP) is 3.77. The fourth-order valence-corrected chi connectivity index (χ4v) is 4.50. The second-order valence-corrected chi connectivity index (χ2v) is 9.20. The maximum atomic E-state index is 11.1. The highest BCUT2D eigenvalue weighted by Crippen LogP contribution is 2.31. The largest absolute Gasteiger partial charge is 0.497 e. The van der Waals surface area contributed by atoms with Gasteiger partial charge in [-0.2, -0.15) is 5.10 Å². The normalized spacial score (nSPS) is 10.9. The van der Waals surface area contributed by atoms with E-state index in [0.717, 1.165) is 57.0 Å². The van der Waals surface area contributed by atoms with Crippen LogP contribution in [0.3, 0.4) is 0 Å². The van der Waals surface area contributed by atoms with Gasteiger partial charge < -0.3 is 21.1 Å². The third-order valence-electron chi connectivity index (χ3n) is 5.86. The van der Waals surface area contributed by atoms with Crippen LogP contribution in [0.4, 0.5) is 0 Å². The Morgan fingerprint density at radius 3 is 2.00 bits per heavy atom. The molecule has 3 aromatic carbocycles. The number of methoxy groups -OCH3 is 2. The van der Waals surface area contributed by atoms with Gasteiger partial charge in [-0.05, 0) is 78.9 Å². The number of carbonyl (C=O) groups is 1. The molecule has 0 aliphatic carbocycles. The van der Waals surface area contributed by atoms with Crippen molar-refractivity contribution in [3.05, 3.63) is 78.9 Å². The van der Waals surface area contributed by atoms with E-state index in [9.17, 15) is 4.79 Å². The van der Waals surface area contributed by atoms with Gasteiger partial charge in [0, 0.05) is 16.7 Å². The zero-order chi connectivity index (χ0) is 26.6. The van der Waals surface area contributed by atoms with E-state index in [1.165, 1.54) is 4.68 Å². The summed E-state index contributed by atoms with van der Waals surface area (Å²) in [5.74, 6) is 7.81. The molecule has 192 valence electrons. The van der Waals surface area contributed by atoms with Crippen LogP contribution in [0.15, 0.2) is 84.0 Å². The third kappa shape index (κ3) is 5.04. The molecule has 0 saturated carbocycles. The van der Waals surface area contributed by atoms with Crippen molar-refractivity contribution in [3.63, 3.8) is 0 Å². The Bertz CT molecular complexity index is 1560. The van der Waals surface area contributed by atoms with Gasteiger partial charge in [0.25, 0.3) is 0 Å². The van der Waals surface area contributed by atoms with E-state index in [1.807, 2.05) is 77.5 Å². The van der Waals surface area contributed by atoms with Crippen LogP contribution in [0.1, 0.15) is 0 Å². The van der Waals surface area contributed by atoms with Crippen molar-refractivity contribution >= 4 is 17.7 Å². The van der Waals surface area contributed by atoms with E-state index in [1.54, 1.807) is 14.2 Å². The summed E-state index contributed by atoms with van der Waals surface area (Å²) in [6.07, 6.45) is 0. The van der Waals surface area contributed by atoms with Crippen LogP contribution in [0.25, 0.3) is 39.6 Å². The van der Waals surface area contributed by atoms with Crippen molar-refractivity contribution in [2.45, 2.75) is 5.16 Å². The van der Waals surface area contributed by atoms with Crippen LogP contribution in [0.2, 0.25) is 0 Å². The molecule has 38 heavy (non-hydrogen) atoms. The fraction of sp³-hybridized carbons (Fsp3) is 0.111. The number of nitrogens with zero attached hydrogens (tertiary/aromatic N) is 5. The van der Waals surface area contributed by atoms with Gasteiger partial charge in [0.05, 0.1) is 37.0 Å². The molecular formula is C27H25N7O3S. The number of hydrogen-bond acceptors (Lipinski definition) is 8. The Hall–Kier alpha value is -4.77. The first-order chi connectivity index (χ1) is 18.5. The molecule has 0 aliphatic rings. The summed E-state index contributed by atoms with van der Waals surface area (Å²) < 4.78 is 13.9. The standard InChI is InChI=1S/C27H25N7O3S/c1-36-21-11-5-17(6-12-21)23-15-24(18-7-13-22(37-2)14-8-18)34(32-23)20-9-3-19(4-10-20)26-30-31-27(33(26)29)38-16-25(28)35/h3-15H,16,29H2,1-2H3,(H2,28,35). The molecule has 0 aliphatic heterocycles. The van der Waals surface area contributed by atoms with Crippen molar-refractivity contribution < 1.29 is 14.3 Å². The number of thioether (sulfide) groups is 1. The zero-order valence-corrected chi connectivity index (χ0v) is 21.6. The topological polar surface area (TPSA) is 136 Å². The summed E-state index contributed by atoms with van der Waals surface area (Å²) in [6.45, 7) is 0. The van der Waals surface area contributed by atoms with E-state index in [0.29, 0.717) is 11.0 Å². The molecule has 0 unspecified atom stereocenters. The number of hydrogen-bond donors (Lipinski definition) is 2. The quantitative estimate of drug-likeness (QED) is 0.218. The SMILES string of the molecule is COc1ccc(-c2cc(-c3ccc(OC)cc3)n(-c3ccc(-c4nnc(SCC(N)=O)n4N)cc3)n2)cc1. The van der Waals surface area contributed by atoms with Crippen LogP contribution < -0.4 is 21.1 Å². The molecule has 2 heterocycles. The van der Waals surface area contributed by atoms with Crippen LogP contribution in [0, 0.1) is 0 Å². The van der Waals surface area contributed by atoms with Gasteiger partial charge in [0.15, 0.2) is 5.82 Å².